The third-order valence-corrected chi connectivity index (χ3v) is 5.05. The van der Waals surface area contributed by atoms with Gasteiger partial charge in [-0.1, -0.05) is 35.5 Å². The molecule has 126 valence electrons. The van der Waals surface area contributed by atoms with Crippen LogP contribution in [0.4, 0.5) is 0 Å². The zero-order valence-corrected chi connectivity index (χ0v) is 15.2. The molecule has 25 heavy (non-hydrogen) atoms. The van der Waals surface area contributed by atoms with Crippen molar-refractivity contribution in [2.24, 2.45) is 0 Å². The molecule has 0 saturated carbocycles. The number of thioether (sulfide) groups is 1. The van der Waals surface area contributed by atoms with Gasteiger partial charge < -0.3 is 4.40 Å². The summed E-state index contributed by atoms with van der Waals surface area (Å²) in [6, 6.07) is 10.4. The molecule has 0 N–H and O–H groups in total. The van der Waals surface area contributed by atoms with Crippen LogP contribution in [0.3, 0.4) is 0 Å². The number of tetrazole rings is 1. The quantitative estimate of drug-likeness (QED) is 0.527. The monoisotopic (exact) mass is 350 g/mol. The predicted molar refractivity (Wildman–Crippen MR) is 98.1 cm³/mol. The van der Waals surface area contributed by atoms with E-state index in [9.17, 15) is 0 Å². The van der Waals surface area contributed by atoms with E-state index >= 15 is 0 Å². The van der Waals surface area contributed by atoms with Gasteiger partial charge in [-0.15, -0.1) is 5.10 Å². The Balaban J connectivity index is 1.59. The second kappa shape index (κ2) is 6.33. The number of fused-ring (bicyclic) bond motifs is 1. The maximum absolute atomic E-state index is 4.71. The fraction of sp³-hybridized carbons (Fsp3) is 0.222. The fourth-order valence-electron chi connectivity index (χ4n) is 2.88. The van der Waals surface area contributed by atoms with Crippen LogP contribution in [0.5, 0.6) is 0 Å². The summed E-state index contributed by atoms with van der Waals surface area (Å²) in [5, 5.41) is 12.9. The lowest BCUT2D eigenvalue weighted by Crippen LogP contribution is -2.01. The van der Waals surface area contributed by atoms with E-state index in [4.69, 9.17) is 4.98 Å². The summed E-state index contributed by atoms with van der Waals surface area (Å²) in [5.74, 6) is 0.715. The highest BCUT2D eigenvalue weighted by Gasteiger charge is 2.12. The average Bonchev–Trinajstić information content (AvgIpc) is 3.20. The number of aromatic nitrogens is 6. The van der Waals surface area contributed by atoms with Gasteiger partial charge in [0.05, 0.1) is 11.4 Å². The SMILES string of the molecule is Cc1ccc(-n2nnnc2SCc2cn3cccc(C)c3n2)c(C)c1. The van der Waals surface area contributed by atoms with Gasteiger partial charge in [0.25, 0.3) is 0 Å². The molecule has 3 aromatic heterocycles. The van der Waals surface area contributed by atoms with Crippen LogP contribution in [0.15, 0.2) is 47.9 Å². The maximum Gasteiger partial charge on any atom is 0.214 e. The average molecular weight is 350 g/mol. The van der Waals surface area contributed by atoms with Crippen molar-refractivity contribution < 1.29 is 0 Å². The van der Waals surface area contributed by atoms with Crippen molar-refractivity contribution >= 4 is 17.4 Å². The second-order valence-electron chi connectivity index (χ2n) is 6.11. The molecule has 4 rings (SSSR count). The van der Waals surface area contributed by atoms with Gasteiger partial charge in [0.2, 0.25) is 5.16 Å². The van der Waals surface area contributed by atoms with Crippen LogP contribution >= 0.6 is 11.8 Å². The Morgan fingerprint density at radius 3 is 2.76 bits per heavy atom. The lowest BCUT2D eigenvalue weighted by molar-refractivity contribution is 0.751. The summed E-state index contributed by atoms with van der Waals surface area (Å²) >= 11 is 1.59. The number of hydrogen-bond donors (Lipinski definition) is 0. The van der Waals surface area contributed by atoms with Gasteiger partial charge >= 0.3 is 0 Å². The zero-order valence-electron chi connectivity index (χ0n) is 14.3. The van der Waals surface area contributed by atoms with Crippen molar-refractivity contribution in [3.63, 3.8) is 0 Å². The molecule has 1 aromatic carbocycles. The molecule has 0 amide bonds. The minimum Gasteiger partial charge on any atom is -0.307 e. The molecule has 0 aliphatic rings. The first-order chi connectivity index (χ1) is 12.1. The van der Waals surface area contributed by atoms with Gasteiger partial charge in [-0.25, -0.2) is 4.98 Å². The topological polar surface area (TPSA) is 60.9 Å². The Bertz CT molecular complexity index is 1050. The molecule has 0 aliphatic carbocycles. The summed E-state index contributed by atoms with van der Waals surface area (Å²) in [4.78, 5) is 4.71. The molecule has 6 nitrogen and oxygen atoms in total. The molecule has 0 atom stereocenters. The van der Waals surface area contributed by atoms with Crippen molar-refractivity contribution in [3.8, 4) is 5.69 Å². The Labute approximate surface area is 149 Å². The number of nitrogens with zero attached hydrogens (tertiary/aromatic N) is 6. The molecule has 4 aromatic rings. The van der Waals surface area contributed by atoms with Crippen molar-refractivity contribution in [1.82, 2.24) is 29.6 Å². The first kappa shape index (κ1) is 15.8. The molecule has 0 unspecified atom stereocenters. The van der Waals surface area contributed by atoms with Gasteiger partial charge in [-0.3, -0.25) is 0 Å². The Kier molecular flexibility index (Phi) is 4.01. The number of imidazole rings is 1. The molecular weight excluding hydrogens is 332 g/mol. The molecule has 0 saturated heterocycles. The fourth-order valence-corrected chi connectivity index (χ4v) is 3.64. The van der Waals surface area contributed by atoms with E-state index in [1.165, 1.54) is 11.1 Å². The summed E-state index contributed by atoms with van der Waals surface area (Å²) < 4.78 is 3.85. The standard InChI is InChI=1S/C18H18N6S/c1-12-6-7-16(14(3)9-12)24-18(20-21-22-24)25-11-15-10-23-8-4-5-13(2)17(23)19-15/h4-10H,11H2,1-3H3. The third-order valence-electron chi connectivity index (χ3n) is 4.10. The van der Waals surface area contributed by atoms with E-state index in [1.54, 1.807) is 16.4 Å². The van der Waals surface area contributed by atoms with E-state index in [1.807, 2.05) is 12.3 Å². The van der Waals surface area contributed by atoms with Gasteiger partial charge in [-0.05, 0) is 54.5 Å². The minimum absolute atomic E-state index is 0.715. The van der Waals surface area contributed by atoms with E-state index in [0.717, 1.165) is 27.7 Å². The lowest BCUT2D eigenvalue weighted by Gasteiger charge is -2.07. The van der Waals surface area contributed by atoms with Crippen LogP contribution in [0, 0.1) is 20.8 Å². The highest BCUT2D eigenvalue weighted by Crippen LogP contribution is 2.24. The molecular formula is C18H18N6S. The van der Waals surface area contributed by atoms with Gasteiger partial charge in [0.1, 0.15) is 5.65 Å². The van der Waals surface area contributed by atoms with Crippen molar-refractivity contribution in [2.75, 3.05) is 0 Å². The molecule has 0 aliphatic heterocycles. The van der Waals surface area contributed by atoms with Crippen LogP contribution in [0.1, 0.15) is 22.4 Å². The summed E-state index contributed by atoms with van der Waals surface area (Å²) in [7, 11) is 0. The van der Waals surface area contributed by atoms with Gasteiger partial charge in [0, 0.05) is 18.1 Å². The molecule has 0 radical (unpaired) electrons. The molecule has 0 bridgehead atoms. The summed E-state index contributed by atoms with van der Waals surface area (Å²) in [5.41, 5.74) is 6.55. The zero-order chi connectivity index (χ0) is 17.4. The maximum atomic E-state index is 4.71. The highest BCUT2D eigenvalue weighted by atomic mass is 32.2. The van der Waals surface area contributed by atoms with E-state index < -0.39 is 0 Å². The van der Waals surface area contributed by atoms with Crippen LogP contribution in [0.25, 0.3) is 11.3 Å². The summed E-state index contributed by atoms with van der Waals surface area (Å²) in [6.07, 6.45) is 4.07. The Morgan fingerprint density at radius 1 is 1.08 bits per heavy atom. The van der Waals surface area contributed by atoms with E-state index in [0.29, 0.717) is 5.75 Å². The number of rotatable bonds is 4. The molecule has 7 heteroatoms. The Hall–Kier alpha value is -2.67. The third kappa shape index (κ3) is 3.02. The number of benzene rings is 1. The van der Waals surface area contributed by atoms with E-state index in [-0.39, 0.29) is 0 Å². The normalized spacial score (nSPS) is 11.3. The molecule has 0 fully saturated rings. The smallest absolute Gasteiger partial charge is 0.214 e. The van der Waals surface area contributed by atoms with Crippen LogP contribution in [0.2, 0.25) is 0 Å². The molecule has 0 spiro atoms. The first-order valence-electron chi connectivity index (χ1n) is 8.04. The number of hydrogen-bond acceptors (Lipinski definition) is 5. The highest BCUT2D eigenvalue weighted by molar-refractivity contribution is 7.98. The second-order valence-corrected chi connectivity index (χ2v) is 7.05. The van der Waals surface area contributed by atoms with Gasteiger partial charge in [-0.2, -0.15) is 4.68 Å². The van der Waals surface area contributed by atoms with Crippen molar-refractivity contribution in [1.29, 1.82) is 0 Å². The predicted octanol–water partition coefficient (Wildman–Crippen LogP) is 3.53. The van der Waals surface area contributed by atoms with Gasteiger partial charge in [0.15, 0.2) is 0 Å². The Morgan fingerprint density at radius 2 is 1.96 bits per heavy atom. The number of aryl methyl sites for hydroxylation is 3. The summed E-state index contributed by atoms with van der Waals surface area (Å²) in [6.45, 7) is 6.22. The van der Waals surface area contributed by atoms with Crippen LogP contribution < -0.4 is 0 Å². The van der Waals surface area contributed by atoms with Crippen LogP contribution in [-0.2, 0) is 5.75 Å². The molecule has 3 heterocycles. The van der Waals surface area contributed by atoms with E-state index in [2.05, 4.69) is 71.2 Å². The lowest BCUT2D eigenvalue weighted by atomic mass is 10.1. The first-order valence-corrected chi connectivity index (χ1v) is 9.02. The van der Waals surface area contributed by atoms with Crippen molar-refractivity contribution in [2.45, 2.75) is 31.7 Å². The van der Waals surface area contributed by atoms with Crippen LogP contribution in [-0.4, -0.2) is 29.6 Å². The largest absolute Gasteiger partial charge is 0.307 e. The van der Waals surface area contributed by atoms with Crippen molar-refractivity contribution in [3.05, 3.63) is 65.1 Å². The number of pyridine rings is 1. The minimum atomic E-state index is 0.715.